The third kappa shape index (κ3) is 2.71. The van der Waals surface area contributed by atoms with Gasteiger partial charge in [0, 0.05) is 13.1 Å². The van der Waals surface area contributed by atoms with E-state index < -0.39 is 10.0 Å². The standard InChI is InChI=1S/C14H16ClN3O2S/c1-18-9-16-14(13(18)15)21(19,20)17-12-8-4-6-10-5-2-3-7-11(10)12/h2-3,5,7,9,12,17H,4,6,8H2,1H3/t12-/m1/s1. The topological polar surface area (TPSA) is 64.0 Å². The van der Waals surface area contributed by atoms with E-state index in [1.807, 2.05) is 24.3 Å². The maximum Gasteiger partial charge on any atom is 0.261 e. The number of aryl methyl sites for hydroxylation is 2. The average molecular weight is 326 g/mol. The predicted molar refractivity (Wildman–Crippen MR) is 80.7 cm³/mol. The number of rotatable bonds is 3. The molecule has 2 aromatic rings. The van der Waals surface area contributed by atoms with Gasteiger partial charge >= 0.3 is 0 Å². The Kier molecular flexibility index (Phi) is 3.77. The van der Waals surface area contributed by atoms with Crippen LogP contribution in [0.2, 0.25) is 5.15 Å². The number of fused-ring (bicyclic) bond motifs is 1. The Labute approximate surface area is 129 Å². The molecule has 5 nitrogen and oxygen atoms in total. The van der Waals surface area contributed by atoms with Gasteiger partial charge in [0.05, 0.1) is 6.33 Å². The van der Waals surface area contributed by atoms with E-state index in [4.69, 9.17) is 11.6 Å². The van der Waals surface area contributed by atoms with Crippen LogP contribution in [0.4, 0.5) is 0 Å². The molecule has 1 atom stereocenters. The first-order valence-corrected chi connectivity index (χ1v) is 8.62. The van der Waals surface area contributed by atoms with Crippen LogP contribution in [-0.4, -0.2) is 18.0 Å². The van der Waals surface area contributed by atoms with Crippen LogP contribution in [-0.2, 0) is 23.5 Å². The molecule has 1 heterocycles. The van der Waals surface area contributed by atoms with Gasteiger partial charge < -0.3 is 4.57 Å². The molecule has 1 aromatic carbocycles. The van der Waals surface area contributed by atoms with Crippen LogP contribution in [0.3, 0.4) is 0 Å². The fraction of sp³-hybridized carbons (Fsp3) is 0.357. The number of hydrogen-bond acceptors (Lipinski definition) is 3. The molecule has 3 rings (SSSR count). The van der Waals surface area contributed by atoms with Crippen molar-refractivity contribution in [3.8, 4) is 0 Å². The molecule has 0 bridgehead atoms. The SMILES string of the molecule is Cn1cnc(S(=O)(=O)N[C@@H]2CCCc3ccccc32)c1Cl. The Balaban J connectivity index is 1.92. The number of sulfonamides is 1. The highest BCUT2D eigenvalue weighted by atomic mass is 35.5. The zero-order chi connectivity index (χ0) is 15.0. The summed E-state index contributed by atoms with van der Waals surface area (Å²) >= 11 is 5.99. The first kappa shape index (κ1) is 14.6. The summed E-state index contributed by atoms with van der Waals surface area (Å²) in [7, 11) is -2.07. The van der Waals surface area contributed by atoms with Crippen molar-refractivity contribution in [2.75, 3.05) is 0 Å². The average Bonchev–Trinajstić information content (AvgIpc) is 2.80. The maximum absolute atomic E-state index is 12.5. The molecule has 1 aromatic heterocycles. The number of imidazole rings is 1. The molecule has 1 aliphatic carbocycles. The Morgan fingerprint density at radius 1 is 1.38 bits per heavy atom. The van der Waals surface area contributed by atoms with Gasteiger partial charge in [0.2, 0.25) is 5.03 Å². The highest BCUT2D eigenvalue weighted by Crippen LogP contribution is 2.31. The maximum atomic E-state index is 12.5. The van der Waals surface area contributed by atoms with E-state index >= 15 is 0 Å². The highest BCUT2D eigenvalue weighted by molar-refractivity contribution is 7.89. The van der Waals surface area contributed by atoms with Crippen LogP contribution in [0.5, 0.6) is 0 Å². The number of nitrogens with zero attached hydrogens (tertiary/aromatic N) is 2. The van der Waals surface area contributed by atoms with Crippen LogP contribution in [0, 0.1) is 0 Å². The van der Waals surface area contributed by atoms with Crippen LogP contribution in [0.15, 0.2) is 35.6 Å². The van der Waals surface area contributed by atoms with Gasteiger partial charge in [-0.05, 0) is 30.4 Å². The quantitative estimate of drug-likeness (QED) is 0.942. The third-order valence-corrected chi connectivity index (χ3v) is 5.72. The molecule has 112 valence electrons. The Morgan fingerprint density at radius 2 is 2.14 bits per heavy atom. The summed E-state index contributed by atoms with van der Waals surface area (Å²) in [5.41, 5.74) is 2.24. The summed E-state index contributed by atoms with van der Waals surface area (Å²) in [6.45, 7) is 0. The van der Waals surface area contributed by atoms with Gasteiger partial charge in [-0.2, -0.15) is 0 Å². The summed E-state index contributed by atoms with van der Waals surface area (Å²) in [4.78, 5) is 3.89. The van der Waals surface area contributed by atoms with E-state index in [-0.39, 0.29) is 16.2 Å². The second kappa shape index (κ2) is 5.44. The van der Waals surface area contributed by atoms with Gasteiger partial charge in [-0.15, -0.1) is 0 Å². The van der Waals surface area contributed by atoms with Gasteiger partial charge in [-0.1, -0.05) is 35.9 Å². The molecule has 0 fully saturated rings. The number of hydrogen-bond donors (Lipinski definition) is 1. The van der Waals surface area contributed by atoms with Gasteiger partial charge in [-0.3, -0.25) is 0 Å². The molecule has 1 aliphatic rings. The lowest BCUT2D eigenvalue weighted by atomic mass is 9.88. The molecule has 0 spiro atoms. The van der Waals surface area contributed by atoms with Crippen LogP contribution >= 0.6 is 11.6 Å². The minimum Gasteiger partial charge on any atom is -0.324 e. The van der Waals surface area contributed by atoms with E-state index in [2.05, 4.69) is 9.71 Å². The zero-order valence-corrected chi connectivity index (χ0v) is 13.2. The first-order valence-electron chi connectivity index (χ1n) is 6.76. The first-order chi connectivity index (χ1) is 9.99. The van der Waals surface area contributed by atoms with Gasteiger partial charge in [0.15, 0.2) is 0 Å². The van der Waals surface area contributed by atoms with Crippen LogP contribution < -0.4 is 4.72 Å². The lowest BCUT2D eigenvalue weighted by molar-refractivity contribution is 0.506. The smallest absolute Gasteiger partial charge is 0.261 e. The van der Waals surface area contributed by atoms with Crippen molar-refractivity contribution in [2.45, 2.75) is 30.3 Å². The second-order valence-corrected chi connectivity index (χ2v) is 7.20. The lowest BCUT2D eigenvalue weighted by Gasteiger charge is -2.25. The van der Waals surface area contributed by atoms with Crippen molar-refractivity contribution in [1.29, 1.82) is 0 Å². The highest BCUT2D eigenvalue weighted by Gasteiger charge is 2.28. The van der Waals surface area contributed by atoms with Crippen molar-refractivity contribution in [2.24, 2.45) is 7.05 Å². The Bertz CT molecular complexity index is 770. The van der Waals surface area contributed by atoms with E-state index in [9.17, 15) is 8.42 Å². The Hall–Kier alpha value is -1.37. The normalized spacial score (nSPS) is 18.5. The Morgan fingerprint density at radius 3 is 2.86 bits per heavy atom. The van der Waals surface area contributed by atoms with Crippen LogP contribution in [0.25, 0.3) is 0 Å². The third-order valence-electron chi connectivity index (χ3n) is 3.76. The van der Waals surface area contributed by atoms with E-state index in [0.29, 0.717) is 0 Å². The van der Waals surface area contributed by atoms with Gasteiger partial charge in [-0.25, -0.2) is 18.1 Å². The largest absolute Gasteiger partial charge is 0.324 e. The molecule has 0 unspecified atom stereocenters. The van der Waals surface area contributed by atoms with Crippen molar-refractivity contribution in [3.05, 3.63) is 46.9 Å². The number of benzene rings is 1. The van der Waals surface area contributed by atoms with Gasteiger partial charge in [0.25, 0.3) is 10.0 Å². The summed E-state index contributed by atoms with van der Waals surface area (Å²) in [6, 6.07) is 7.70. The molecule has 0 aliphatic heterocycles. The molecule has 0 saturated heterocycles. The van der Waals surface area contributed by atoms with Gasteiger partial charge in [0.1, 0.15) is 5.15 Å². The van der Waals surface area contributed by atoms with Crippen molar-refractivity contribution in [3.63, 3.8) is 0 Å². The molecule has 1 N–H and O–H groups in total. The molecular weight excluding hydrogens is 310 g/mol. The zero-order valence-electron chi connectivity index (χ0n) is 11.6. The van der Waals surface area contributed by atoms with E-state index in [0.717, 1.165) is 24.8 Å². The fourth-order valence-corrected chi connectivity index (χ4v) is 4.37. The van der Waals surface area contributed by atoms with Crippen molar-refractivity contribution in [1.82, 2.24) is 14.3 Å². The molecule has 0 amide bonds. The van der Waals surface area contributed by atoms with E-state index in [1.165, 1.54) is 16.5 Å². The van der Waals surface area contributed by atoms with E-state index in [1.54, 1.807) is 7.05 Å². The predicted octanol–water partition coefficient (Wildman–Crippen LogP) is 2.43. The minimum absolute atomic E-state index is 0.116. The minimum atomic E-state index is -3.73. The molecule has 0 radical (unpaired) electrons. The molecule has 7 heteroatoms. The number of halogens is 1. The molecule has 0 saturated carbocycles. The van der Waals surface area contributed by atoms with Crippen molar-refractivity contribution >= 4 is 21.6 Å². The summed E-state index contributed by atoms with van der Waals surface area (Å²) in [5.74, 6) is 0. The summed E-state index contributed by atoms with van der Waals surface area (Å²) in [6.07, 6.45) is 4.12. The molecule has 21 heavy (non-hydrogen) atoms. The lowest BCUT2D eigenvalue weighted by Crippen LogP contribution is -2.31. The summed E-state index contributed by atoms with van der Waals surface area (Å²) < 4.78 is 29.2. The monoisotopic (exact) mass is 325 g/mol. The second-order valence-electron chi connectivity index (χ2n) is 5.22. The number of nitrogens with one attached hydrogen (secondary N) is 1. The van der Waals surface area contributed by atoms with Crippen molar-refractivity contribution < 1.29 is 8.42 Å². The fourth-order valence-electron chi connectivity index (χ4n) is 2.69. The summed E-state index contributed by atoms with van der Waals surface area (Å²) in [5, 5.41) is 0.00122. The number of aromatic nitrogens is 2. The van der Waals surface area contributed by atoms with Crippen LogP contribution in [0.1, 0.15) is 30.0 Å². The molecular formula is C14H16ClN3O2S.